The molecule has 1 spiro atoms. The van der Waals surface area contributed by atoms with Crippen molar-refractivity contribution in [1.82, 2.24) is 9.80 Å². The van der Waals surface area contributed by atoms with Gasteiger partial charge in [0.2, 0.25) is 11.8 Å². The van der Waals surface area contributed by atoms with Crippen LogP contribution in [-0.4, -0.2) is 86.9 Å². The topological polar surface area (TPSA) is 133 Å². The van der Waals surface area contributed by atoms with E-state index < -0.39 is 29.7 Å². The summed E-state index contributed by atoms with van der Waals surface area (Å²) < 4.78 is 0. The zero-order valence-corrected chi connectivity index (χ0v) is 13.5. The van der Waals surface area contributed by atoms with Crippen LogP contribution >= 0.6 is 11.8 Å². The van der Waals surface area contributed by atoms with Crippen LogP contribution in [0.5, 0.6) is 0 Å². The van der Waals surface area contributed by atoms with E-state index >= 15 is 0 Å². The Balaban J connectivity index is 2.10. The number of aliphatic hydroxyl groups is 2. The second-order valence-corrected chi connectivity index (χ2v) is 7.31. The SMILES string of the molecule is C[C@@H](O)[C@H](N)C(=O)N1CCSC12CCN(C(=O)[C@@H](N)CO)C2. The van der Waals surface area contributed by atoms with Crippen LogP contribution < -0.4 is 11.5 Å². The third kappa shape index (κ3) is 3.09. The lowest BCUT2D eigenvalue weighted by Gasteiger charge is -2.36. The van der Waals surface area contributed by atoms with Gasteiger partial charge in [-0.1, -0.05) is 0 Å². The smallest absolute Gasteiger partial charge is 0.243 e. The summed E-state index contributed by atoms with van der Waals surface area (Å²) in [6, 6.07) is -1.88. The average molecular weight is 332 g/mol. The minimum absolute atomic E-state index is 0.291. The molecule has 0 radical (unpaired) electrons. The largest absolute Gasteiger partial charge is 0.394 e. The van der Waals surface area contributed by atoms with Crippen molar-refractivity contribution in [1.29, 1.82) is 0 Å². The normalized spacial score (nSPS) is 29.0. The van der Waals surface area contributed by atoms with Gasteiger partial charge in [-0.2, -0.15) is 0 Å². The summed E-state index contributed by atoms with van der Waals surface area (Å²) in [5.74, 6) is 0.173. The fourth-order valence-electron chi connectivity index (χ4n) is 2.91. The van der Waals surface area contributed by atoms with Crippen molar-refractivity contribution in [2.24, 2.45) is 11.5 Å². The minimum Gasteiger partial charge on any atom is -0.394 e. The van der Waals surface area contributed by atoms with Gasteiger partial charge in [-0.05, 0) is 13.3 Å². The first-order chi connectivity index (χ1) is 10.3. The number of rotatable bonds is 4. The molecule has 0 aromatic carbocycles. The maximum absolute atomic E-state index is 12.5. The van der Waals surface area contributed by atoms with Crippen molar-refractivity contribution in [2.45, 2.75) is 36.4 Å². The standard InChI is InChI=1S/C13H24N4O4S/c1-8(19)10(15)12(21)17-4-5-22-13(17)2-3-16(7-13)11(20)9(14)6-18/h8-10,18-19H,2-7,14-15H2,1H3/t8-,9+,10+,13?/m1/s1. The lowest BCUT2D eigenvalue weighted by molar-refractivity contribution is -0.138. The summed E-state index contributed by atoms with van der Waals surface area (Å²) in [5, 5.41) is 18.5. The van der Waals surface area contributed by atoms with E-state index in [4.69, 9.17) is 16.6 Å². The molecular formula is C13H24N4O4S. The fraction of sp³-hybridized carbons (Fsp3) is 0.846. The van der Waals surface area contributed by atoms with Gasteiger partial charge in [-0.3, -0.25) is 9.59 Å². The predicted octanol–water partition coefficient (Wildman–Crippen LogP) is -2.48. The summed E-state index contributed by atoms with van der Waals surface area (Å²) in [4.78, 5) is 27.4. The molecule has 0 aromatic heterocycles. The third-order valence-corrected chi connectivity index (χ3v) is 5.76. The van der Waals surface area contributed by atoms with Crippen molar-refractivity contribution in [3.8, 4) is 0 Å². The van der Waals surface area contributed by atoms with Crippen molar-refractivity contribution in [3.05, 3.63) is 0 Å². The van der Waals surface area contributed by atoms with Crippen LogP contribution in [0.25, 0.3) is 0 Å². The molecule has 22 heavy (non-hydrogen) atoms. The first kappa shape index (κ1) is 17.5. The Morgan fingerprint density at radius 3 is 2.59 bits per heavy atom. The van der Waals surface area contributed by atoms with Crippen LogP contribution in [-0.2, 0) is 9.59 Å². The molecule has 0 saturated carbocycles. The van der Waals surface area contributed by atoms with Crippen molar-refractivity contribution in [3.63, 3.8) is 0 Å². The highest BCUT2D eigenvalue weighted by molar-refractivity contribution is 8.00. The lowest BCUT2D eigenvalue weighted by Crippen LogP contribution is -2.56. The Hall–Kier alpha value is -0.870. The van der Waals surface area contributed by atoms with Crippen molar-refractivity contribution >= 4 is 23.6 Å². The van der Waals surface area contributed by atoms with Gasteiger partial charge < -0.3 is 31.5 Å². The zero-order chi connectivity index (χ0) is 16.5. The molecule has 0 aliphatic carbocycles. The Labute approximate surface area is 133 Å². The quantitative estimate of drug-likeness (QED) is 0.448. The first-order valence-corrected chi connectivity index (χ1v) is 8.35. The molecule has 1 unspecified atom stereocenters. The predicted molar refractivity (Wildman–Crippen MR) is 82.8 cm³/mol. The van der Waals surface area contributed by atoms with Crippen molar-refractivity contribution < 1.29 is 19.8 Å². The number of thioether (sulfide) groups is 1. The van der Waals surface area contributed by atoms with E-state index in [0.717, 1.165) is 5.75 Å². The molecule has 0 bridgehead atoms. The lowest BCUT2D eigenvalue weighted by atomic mass is 10.1. The van der Waals surface area contributed by atoms with Gasteiger partial charge in [0.15, 0.2) is 0 Å². The molecule has 0 aromatic rings. The number of nitrogens with zero attached hydrogens (tertiary/aromatic N) is 2. The highest BCUT2D eigenvalue weighted by atomic mass is 32.2. The molecule has 2 aliphatic heterocycles. The van der Waals surface area contributed by atoms with Gasteiger partial charge in [-0.15, -0.1) is 11.8 Å². The summed E-state index contributed by atoms with van der Waals surface area (Å²) >= 11 is 1.63. The number of likely N-dealkylation sites (tertiary alicyclic amines) is 1. The number of carbonyl (C=O) groups is 2. The van der Waals surface area contributed by atoms with Crippen molar-refractivity contribution in [2.75, 3.05) is 32.0 Å². The summed E-state index contributed by atoms with van der Waals surface area (Å²) in [6.45, 7) is 2.52. The van der Waals surface area contributed by atoms with Gasteiger partial charge in [0.1, 0.15) is 17.0 Å². The maximum atomic E-state index is 12.5. The van der Waals surface area contributed by atoms with E-state index in [-0.39, 0.29) is 11.8 Å². The van der Waals surface area contributed by atoms with Gasteiger partial charge in [0, 0.05) is 18.8 Å². The summed E-state index contributed by atoms with van der Waals surface area (Å²) in [6.07, 6.45) is -0.281. The highest BCUT2D eigenvalue weighted by Crippen LogP contribution is 2.43. The van der Waals surface area contributed by atoms with Crippen LogP contribution in [0.15, 0.2) is 0 Å². The molecule has 6 N–H and O–H groups in total. The van der Waals surface area contributed by atoms with E-state index in [1.54, 1.807) is 21.6 Å². The van der Waals surface area contributed by atoms with E-state index in [0.29, 0.717) is 26.1 Å². The molecule has 4 atom stereocenters. The van der Waals surface area contributed by atoms with Crippen LogP contribution in [0.2, 0.25) is 0 Å². The summed E-state index contributed by atoms with van der Waals surface area (Å²) in [5.41, 5.74) is 11.4. The molecule has 2 fully saturated rings. The minimum atomic E-state index is -0.958. The fourth-order valence-corrected chi connectivity index (χ4v) is 4.38. The number of aliphatic hydroxyl groups excluding tert-OH is 2. The molecular weight excluding hydrogens is 308 g/mol. The third-order valence-electron chi connectivity index (χ3n) is 4.28. The number of carbonyl (C=O) groups excluding carboxylic acids is 2. The second kappa shape index (κ2) is 6.71. The second-order valence-electron chi connectivity index (χ2n) is 5.85. The molecule has 2 amide bonds. The number of nitrogens with two attached hydrogens (primary N) is 2. The Morgan fingerprint density at radius 1 is 1.32 bits per heavy atom. The monoisotopic (exact) mass is 332 g/mol. The van der Waals surface area contributed by atoms with Gasteiger partial charge in [0.25, 0.3) is 0 Å². The van der Waals surface area contributed by atoms with Gasteiger partial charge in [-0.25, -0.2) is 0 Å². The molecule has 2 heterocycles. The van der Waals surface area contributed by atoms with E-state index in [2.05, 4.69) is 0 Å². The van der Waals surface area contributed by atoms with Crippen LogP contribution in [0.3, 0.4) is 0 Å². The average Bonchev–Trinajstić information content (AvgIpc) is 3.11. The molecule has 8 nitrogen and oxygen atoms in total. The van der Waals surface area contributed by atoms with Gasteiger partial charge >= 0.3 is 0 Å². The maximum Gasteiger partial charge on any atom is 0.243 e. The molecule has 126 valence electrons. The molecule has 2 aliphatic rings. The Bertz CT molecular complexity index is 450. The molecule has 9 heteroatoms. The van der Waals surface area contributed by atoms with E-state index in [9.17, 15) is 14.7 Å². The highest BCUT2D eigenvalue weighted by Gasteiger charge is 2.51. The number of amides is 2. The van der Waals surface area contributed by atoms with Crippen LogP contribution in [0.1, 0.15) is 13.3 Å². The zero-order valence-electron chi connectivity index (χ0n) is 12.6. The van der Waals surface area contributed by atoms with E-state index in [1.165, 1.54) is 6.92 Å². The Kier molecular flexibility index (Phi) is 5.33. The first-order valence-electron chi connectivity index (χ1n) is 7.37. The van der Waals surface area contributed by atoms with Crippen LogP contribution in [0.4, 0.5) is 0 Å². The Morgan fingerprint density at radius 2 is 2.00 bits per heavy atom. The van der Waals surface area contributed by atoms with E-state index in [1.807, 2.05) is 0 Å². The van der Waals surface area contributed by atoms with Crippen LogP contribution in [0, 0.1) is 0 Å². The van der Waals surface area contributed by atoms with Gasteiger partial charge in [0.05, 0.1) is 19.3 Å². The molecule has 2 saturated heterocycles. The summed E-state index contributed by atoms with van der Waals surface area (Å²) in [7, 11) is 0. The number of hydrogen-bond donors (Lipinski definition) is 4. The number of hydrogen-bond acceptors (Lipinski definition) is 7. The molecule has 2 rings (SSSR count).